The predicted molar refractivity (Wildman–Crippen MR) is 67.1 cm³/mol. The van der Waals surface area contributed by atoms with Gasteiger partial charge in [-0.3, -0.25) is 0 Å². The maximum absolute atomic E-state index is 13.6. The van der Waals surface area contributed by atoms with E-state index in [1.165, 1.54) is 29.1 Å². The lowest BCUT2D eigenvalue weighted by Crippen LogP contribution is -2.19. The Morgan fingerprint density at radius 2 is 2.00 bits per heavy atom. The summed E-state index contributed by atoms with van der Waals surface area (Å²) in [7, 11) is 1.62. The highest BCUT2D eigenvalue weighted by Crippen LogP contribution is 2.16. The van der Waals surface area contributed by atoms with Crippen LogP contribution in [0.15, 0.2) is 30.5 Å². The Morgan fingerprint density at radius 3 is 2.68 bits per heavy atom. The van der Waals surface area contributed by atoms with Gasteiger partial charge in [0.1, 0.15) is 5.69 Å². The van der Waals surface area contributed by atoms with Crippen LogP contribution in [0, 0.1) is 11.6 Å². The first-order valence-electron chi connectivity index (χ1n) is 5.91. The van der Waals surface area contributed by atoms with Gasteiger partial charge in [0.2, 0.25) is 0 Å². The lowest BCUT2D eigenvalue weighted by molar-refractivity contribution is 0.199. The van der Waals surface area contributed by atoms with Crippen LogP contribution in [0.1, 0.15) is 5.69 Å². The minimum absolute atomic E-state index is 0.161. The molecule has 2 aromatic rings. The number of methoxy groups -OCH3 is 1. The quantitative estimate of drug-likeness (QED) is 0.812. The van der Waals surface area contributed by atoms with Crippen molar-refractivity contribution in [2.24, 2.45) is 0 Å². The summed E-state index contributed by atoms with van der Waals surface area (Å²) in [5.41, 5.74) is 0.546. The van der Waals surface area contributed by atoms with Crippen molar-refractivity contribution < 1.29 is 13.5 Å². The van der Waals surface area contributed by atoms with Gasteiger partial charge in [-0.15, -0.1) is 0 Å². The van der Waals surface area contributed by atoms with E-state index in [1.54, 1.807) is 13.2 Å². The number of aromatic nitrogens is 2. The molecule has 0 aliphatic heterocycles. The summed E-state index contributed by atoms with van der Waals surface area (Å²) >= 11 is 0. The first kappa shape index (κ1) is 13.6. The molecule has 0 bridgehead atoms. The van der Waals surface area contributed by atoms with Crippen LogP contribution in [-0.4, -0.2) is 30.0 Å². The first-order valence-corrected chi connectivity index (χ1v) is 5.91. The number of nitrogens with zero attached hydrogens (tertiary/aromatic N) is 2. The van der Waals surface area contributed by atoms with E-state index in [1.807, 2.05) is 0 Å². The molecule has 0 saturated heterocycles. The van der Waals surface area contributed by atoms with Crippen molar-refractivity contribution in [2.45, 2.75) is 6.54 Å². The van der Waals surface area contributed by atoms with Crippen molar-refractivity contribution in [2.75, 3.05) is 20.3 Å². The van der Waals surface area contributed by atoms with Gasteiger partial charge in [-0.05, 0) is 18.2 Å². The van der Waals surface area contributed by atoms with Crippen LogP contribution in [0.3, 0.4) is 0 Å². The zero-order chi connectivity index (χ0) is 13.7. The number of ether oxygens (including phenoxy) is 1. The average molecular weight is 267 g/mol. The molecule has 0 spiro atoms. The van der Waals surface area contributed by atoms with E-state index in [4.69, 9.17) is 4.74 Å². The highest BCUT2D eigenvalue weighted by atomic mass is 19.1. The van der Waals surface area contributed by atoms with Crippen molar-refractivity contribution in [3.05, 3.63) is 47.8 Å². The van der Waals surface area contributed by atoms with Crippen LogP contribution >= 0.6 is 0 Å². The molecule has 1 heterocycles. The van der Waals surface area contributed by atoms with E-state index in [2.05, 4.69) is 10.4 Å². The molecule has 0 atom stereocenters. The van der Waals surface area contributed by atoms with Crippen LogP contribution in [0.2, 0.25) is 0 Å². The molecule has 1 aromatic carbocycles. The maximum atomic E-state index is 13.6. The van der Waals surface area contributed by atoms with E-state index in [9.17, 15) is 8.78 Å². The lowest BCUT2D eigenvalue weighted by Gasteiger charge is -2.04. The van der Waals surface area contributed by atoms with Crippen molar-refractivity contribution in [3.63, 3.8) is 0 Å². The number of hydrogen-bond donors (Lipinski definition) is 1. The molecular formula is C13H15F2N3O. The van der Waals surface area contributed by atoms with Gasteiger partial charge in [0.25, 0.3) is 0 Å². The number of hydrogen-bond acceptors (Lipinski definition) is 3. The zero-order valence-electron chi connectivity index (χ0n) is 10.6. The summed E-state index contributed by atoms with van der Waals surface area (Å²) in [6.07, 6.45) is 1.54. The van der Waals surface area contributed by atoms with E-state index in [0.29, 0.717) is 25.4 Å². The molecule has 2 rings (SSSR count). The van der Waals surface area contributed by atoms with E-state index >= 15 is 0 Å². The van der Waals surface area contributed by atoms with Crippen LogP contribution < -0.4 is 5.32 Å². The molecule has 0 amide bonds. The molecule has 0 fully saturated rings. The maximum Gasteiger partial charge on any atom is 0.151 e. The smallest absolute Gasteiger partial charge is 0.151 e. The molecule has 0 saturated carbocycles. The molecular weight excluding hydrogens is 252 g/mol. The highest BCUT2D eigenvalue weighted by molar-refractivity contribution is 5.34. The second-order valence-electron chi connectivity index (χ2n) is 3.99. The second-order valence-corrected chi connectivity index (χ2v) is 3.99. The van der Waals surface area contributed by atoms with Crippen LogP contribution in [0.4, 0.5) is 8.78 Å². The second kappa shape index (κ2) is 6.40. The highest BCUT2D eigenvalue weighted by Gasteiger charge is 2.11. The zero-order valence-corrected chi connectivity index (χ0v) is 10.6. The third-order valence-corrected chi connectivity index (χ3v) is 2.60. The van der Waals surface area contributed by atoms with Gasteiger partial charge in [-0.1, -0.05) is 6.07 Å². The molecule has 6 heteroatoms. The van der Waals surface area contributed by atoms with E-state index < -0.39 is 11.6 Å². The molecule has 1 aromatic heterocycles. The van der Waals surface area contributed by atoms with Crippen LogP contribution in [0.5, 0.6) is 0 Å². The minimum atomic E-state index is -0.637. The Morgan fingerprint density at radius 1 is 1.26 bits per heavy atom. The third kappa shape index (κ3) is 3.36. The summed E-state index contributed by atoms with van der Waals surface area (Å²) in [6, 6.07) is 5.45. The summed E-state index contributed by atoms with van der Waals surface area (Å²) in [5.74, 6) is -1.27. The molecule has 0 aliphatic rings. The standard InChI is InChI=1S/C13H15F2N3O/c1-19-8-6-16-9-10-5-7-18(17-10)13-11(14)3-2-4-12(13)15/h2-5,7,16H,6,8-9H2,1H3. The van der Waals surface area contributed by atoms with Gasteiger partial charge in [-0.2, -0.15) is 5.10 Å². The van der Waals surface area contributed by atoms with Crippen molar-refractivity contribution in [1.82, 2.24) is 15.1 Å². The van der Waals surface area contributed by atoms with Gasteiger partial charge in [0, 0.05) is 26.4 Å². The fourth-order valence-corrected chi connectivity index (χ4v) is 1.68. The molecule has 0 aliphatic carbocycles. The number of halogens is 2. The Labute approximate surface area is 110 Å². The molecule has 19 heavy (non-hydrogen) atoms. The Balaban J connectivity index is 2.08. The number of para-hydroxylation sites is 1. The van der Waals surface area contributed by atoms with Gasteiger partial charge < -0.3 is 10.1 Å². The summed E-state index contributed by atoms with van der Waals surface area (Å²) in [4.78, 5) is 0. The first-order chi connectivity index (χ1) is 9.22. The van der Waals surface area contributed by atoms with Crippen LogP contribution in [0.25, 0.3) is 5.69 Å². The topological polar surface area (TPSA) is 39.1 Å². The summed E-state index contributed by atoms with van der Waals surface area (Å²) in [5, 5.41) is 7.24. The Bertz CT molecular complexity index is 522. The lowest BCUT2D eigenvalue weighted by atomic mass is 10.3. The van der Waals surface area contributed by atoms with E-state index in [0.717, 1.165) is 0 Å². The number of benzene rings is 1. The Kier molecular flexibility index (Phi) is 4.59. The predicted octanol–water partition coefficient (Wildman–Crippen LogP) is 1.89. The van der Waals surface area contributed by atoms with Gasteiger partial charge in [0.05, 0.1) is 12.3 Å². The summed E-state index contributed by atoms with van der Waals surface area (Å²) < 4.78 is 33.2. The largest absolute Gasteiger partial charge is 0.383 e. The molecule has 0 unspecified atom stereocenters. The summed E-state index contributed by atoms with van der Waals surface area (Å²) in [6.45, 7) is 1.81. The van der Waals surface area contributed by atoms with Crippen molar-refractivity contribution >= 4 is 0 Å². The van der Waals surface area contributed by atoms with Crippen LogP contribution in [-0.2, 0) is 11.3 Å². The number of nitrogens with one attached hydrogen (secondary N) is 1. The number of rotatable bonds is 6. The molecule has 0 radical (unpaired) electrons. The van der Waals surface area contributed by atoms with Gasteiger partial charge >= 0.3 is 0 Å². The van der Waals surface area contributed by atoms with Gasteiger partial charge in [0.15, 0.2) is 11.6 Å². The fraction of sp³-hybridized carbons (Fsp3) is 0.308. The van der Waals surface area contributed by atoms with Crippen molar-refractivity contribution in [3.8, 4) is 5.69 Å². The average Bonchev–Trinajstić information content (AvgIpc) is 2.83. The normalized spacial score (nSPS) is 10.9. The van der Waals surface area contributed by atoms with Crippen molar-refractivity contribution in [1.29, 1.82) is 0 Å². The molecule has 4 nitrogen and oxygen atoms in total. The monoisotopic (exact) mass is 267 g/mol. The Hall–Kier alpha value is -1.79. The minimum Gasteiger partial charge on any atom is -0.383 e. The third-order valence-electron chi connectivity index (χ3n) is 2.60. The fourth-order valence-electron chi connectivity index (χ4n) is 1.68. The SMILES string of the molecule is COCCNCc1ccn(-c2c(F)cccc2F)n1. The van der Waals surface area contributed by atoms with E-state index in [-0.39, 0.29) is 5.69 Å². The molecule has 1 N–H and O–H groups in total. The van der Waals surface area contributed by atoms with Gasteiger partial charge in [-0.25, -0.2) is 13.5 Å². The molecule has 102 valence electrons.